The number of anilines is 2. The minimum absolute atomic E-state index is 0.857. The van der Waals surface area contributed by atoms with Crippen molar-refractivity contribution < 1.29 is 0 Å². The lowest BCUT2D eigenvalue weighted by atomic mass is 10.1. The van der Waals surface area contributed by atoms with Crippen molar-refractivity contribution in [2.24, 2.45) is 0 Å². The van der Waals surface area contributed by atoms with Gasteiger partial charge in [-0.15, -0.1) is 0 Å². The molecule has 0 amide bonds. The molecule has 0 spiro atoms. The maximum Gasteiger partial charge on any atom is 0.0603 e. The fourth-order valence-corrected chi connectivity index (χ4v) is 2.32. The summed E-state index contributed by atoms with van der Waals surface area (Å²) in [5, 5.41) is 0. The van der Waals surface area contributed by atoms with Crippen LogP contribution in [0.15, 0.2) is 42.5 Å². The van der Waals surface area contributed by atoms with Crippen molar-refractivity contribution in [1.29, 1.82) is 0 Å². The van der Waals surface area contributed by atoms with Crippen LogP contribution in [-0.4, -0.2) is 6.54 Å². The van der Waals surface area contributed by atoms with Gasteiger partial charge < -0.3 is 10.6 Å². The molecule has 0 saturated carbocycles. The highest BCUT2D eigenvalue weighted by Gasteiger charge is 2.09. The number of aryl methyl sites for hydroxylation is 2. The van der Waals surface area contributed by atoms with Crippen LogP contribution in [0.1, 0.15) is 23.6 Å². The molecule has 0 aromatic heterocycles. The maximum absolute atomic E-state index is 6.15. The van der Waals surface area contributed by atoms with Gasteiger partial charge in [0.15, 0.2) is 0 Å². The lowest BCUT2D eigenvalue weighted by Gasteiger charge is -2.25. The molecule has 0 fully saturated rings. The zero-order chi connectivity index (χ0) is 13.8. The molecule has 0 aliphatic heterocycles. The molecule has 2 heteroatoms. The summed E-state index contributed by atoms with van der Waals surface area (Å²) in [5.74, 6) is 0. The minimum Gasteiger partial charge on any atom is -0.397 e. The number of benzene rings is 2. The van der Waals surface area contributed by atoms with Gasteiger partial charge in [-0.05, 0) is 49.6 Å². The minimum atomic E-state index is 0.857. The topological polar surface area (TPSA) is 29.3 Å². The summed E-state index contributed by atoms with van der Waals surface area (Å²) < 4.78 is 0. The summed E-state index contributed by atoms with van der Waals surface area (Å²) in [4.78, 5) is 2.32. The van der Waals surface area contributed by atoms with Crippen LogP contribution in [0.4, 0.5) is 11.4 Å². The van der Waals surface area contributed by atoms with Crippen LogP contribution < -0.4 is 10.6 Å². The molecule has 2 nitrogen and oxygen atoms in total. The summed E-state index contributed by atoms with van der Waals surface area (Å²) in [6.07, 6.45) is 0. The number of nitrogens with zero attached hydrogens (tertiary/aromatic N) is 1. The highest BCUT2D eigenvalue weighted by atomic mass is 15.1. The van der Waals surface area contributed by atoms with E-state index in [0.29, 0.717) is 0 Å². The summed E-state index contributed by atoms with van der Waals surface area (Å²) >= 11 is 0. The third-order valence-corrected chi connectivity index (χ3v) is 3.53. The van der Waals surface area contributed by atoms with Gasteiger partial charge in [0.1, 0.15) is 0 Å². The van der Waals surface area contributed by atoms with E-state index in [9.17, 15) is 0 Å². The van der Waals surface area contributed by atoms with Gasteiger partial charge in [-0.1, -0.05) is 30.3 Å². The summed E-state index contributed by atoms with van der Waals surface area (Å²) in [7, 11) is 0. The first kappa shape index (κ1) is 13.5. The molecular weight excluding hydrogens is 232 g/mol. The molecule has 100 valence electrons. The Hall–Kier alpha value is -1.96. The Morgan fingerprint density at radius 1 is 1.05 bits per heavy atom. The van der Waals surface area contributed by atoms with Crippen LogP contribution >= 0.6 is 0 Å². The molecule has 0 saturated heterocycles. The van der Waals surface area contributed by atoms with Gasteiger partial charge in [-0.25, -0.2) is 0 Å². The summed E-state index contributed by atoms with van der Waals surface area (Å²) in [5.41, 5.74) is 12.0. The van der Waals surface area contributed by atoms with E-state index in [4.69, 9.17) is 5.73 Å². The van der Waals surface area contributed by atoms with Gasteiger partial charge in [-0.2, -0.15) is 0 Å². The number of rotatable bonds is 4. The van der Waals surface area contributed by atoms with Crippen molar-refractivity contribution in [3.63, 3.8) is 0 Å². The van der Waals surface area contributed by atoms with E-state index in [1.807, 2.05) is 6.07 Å². The van der Waals surface area contributed by atoms with Crippen molar-refractivity contribution in [3.05, 3.63) is 59.2 Å². The van der Waals surface area contributed by atoms with E-state index >= 15 is 0 Å². The van der Waals surface area contributed by atoms with Gasteiger partial charge in [0, 0.05) is 13.1 Å². The zero-order valence-corrected chi connectivity index (χ0v) is 12.0. The third kappa shape index (κ3) is 3.08. The van der Waals surface area contributed by atoms with Crippen molar-refractivity contribution in [2.45, 2.75) is 27.3 Å². The van der Waals surface area contributed by atoms with Crippen LogP contribution in [0.5, 0.6) is 0 Å². The summed E-state index contributed by atoms with van der Waals surface area (Å²) in [6, 6.07) is 14.8. The molecule has 0 unspecified atom stereocenters. The first-order chi connectivity index (χ1) is 9.11. The average Bonchev–Trinajstić information content (AvgIpc) is 2.39. The molecule has 0 bridgehead atoms. The Morgan fingerprint density at radius 3 is 2.42 bits per heavy atom. The van der Waals surface area contributed by atoms with Gasteiger partial charge in [0.2, 0.25) is 0 Å². The Labute approximate surface area is 115 Å². The predicted molar refractivity (Wildman–Crippen MR) is 83.5 cm³/mol. The molecule has 0 aliphatic rings. The first-order valence-corrected chi connectivity index (χ1v) is 6.77. The number of hydrogen-bond acceptors (Lipinski definition) is 2. The second-order valence-electron chi connectivity index (χ2n) is 5.00. The maximum atomic E-state index is 6.15. The van der Waals surface area contributed by atoms with Crippen LogP contribution in [0.3, 0.4) is 0 Å². The molecule has 0 heterocycles. The highest BCUT2D eigenvalue weighted by molar-refractivity contribution is 5.68. The van der Waals surface area contributed by atoms with E-state index < -0.39 is 0 Å². The fourth-order valence-electron chi connectivity index (χ4n) is 2.32. The Morgan fingerprint density at radius 2 is 1.79 bits per heavy atom. The number of nitrogens with two attached hydrogens (primary N) is 1. The molecule has 2 aromatic rings. The molecule has 2 N–H and O–H groups in total. The standard InChI is InChI=1S/C17H22N2/c1-4-19(12-15-8-6-5-7-14(15)3)17-10-9-13(2)11-16(17)18/h5-11H,4,12,18H2,1-3H3. The SMILES string of the molecule is CCN(Cc1ccccc1C)c1ccc(C)cc1N. The number of nitrogen functional groups attached to an aromatic ring is 1. The second-order valence-corrected chi connectivity index (χ2v) is 5.00. The molecule has 0 atom stereocenters. The Balaban J connectivity index is 2.28. The van der Waals surface area contributed by atoms with Gasteiger partial charge in [0.25, 0.3) is 0 Å². The predicted octanol–water partition coefficient (Wildman–Crippen LogP) is 3.91. The quantitative estimate of drug-likeness (QED) is 0.838. The number of hydrogen-bond donors (Lipinski definition) is 1. The van der Waals surface area contributed by atoms with Crippen molar-refractivity contribution in [2.75, 3.05) is 17.2 Å². The highest BCUT2D eigenvalue weighted by Crippen LogP contribution is 2.26. The lowest BCUT2D eigenvalue weighted by Crippen LogP contribution is -2.23. The van der Waals surface area contributed by atoms with Gasteiger partial charge >= 0.3 is 0 Å². The van der Waals surface area contributed by atoms with Crippen molar-refractivity contribution in [1.82, 2.24) is 0 Å². The van der Waals surface area contributed by atoms with Crippen LogP contribution in [0, 0.1) is 13.8 Å². The molecule has 2 rings (SSSR count). The normalized spacial score (nSPS) is 10.5. The molecule has 2 aromatic carbocycles. The van der Waals surface area contributed by atoms with Gasteiger partial charge in [-0.3, -0.25) is 0 Å². The second kappa shape index (κ2) is 5.79. The molecular formula is C17H22N2. The molecule has 0 radical (unpaired) electrons. The average molecular weight is 254 g/mol. The van der Waals surface area contributed by atoms with Crippen molar-refractivity contribution in [3.8, 4) is 0 Å². The zero-order valence-electron chi connectivity index (χ0n) is 12.0. The lowest BCUT2D eigenvalue weighted by molar-refractivity contribution is 0.828. The van der Waals surface area contributed by atoms with E-state index in [-0.39, 0.29) is 0 Å². The third-order valence-electron chi connectivity index (χ3n) is 3.53. The molecule has 19 heavy (non-hydrogen) atoms. The van der Waals surface area contributed by atoms with Crippen molar-refractivity contribution >= 4 is 11.4 Å². The molecule has 0 aliphatic carbocycles. The Kier molecular flexibility index (Phi) is 4.10. The fraction of sp³-hybridized carbons (Fsp3) is 0.294. The van der Waals surface area contributed by atoms with Gasteiger partial charge in [0.05, 0.1) is 11.4 Å². The van der Waals surface area contributed by atoms with E-state index in [1.165, 1.54) is 16.7 Å². The largest absolute Gasteiger partial charge is 0.397 e. The van der Waals surface area contributed by atoms with E-state index in [2.05, 4.69) is 62.1 Å². The summed E-state index contributed by atoms with van der Waals surface area (Å²) in [6.45, 7) is 8.23. The Bertz CT molecular complexity index is 561. The van der Waals surface area contributed by atoms with Crippen LogP contribution in [0.25, 0.3) is 0 Å². The smallest absolute Gasteiger partial charge is 0.0603 e. The van der Waals surface area contributed by atoms with Crippen LogP contribution in [0.2, 0.25) is 0 Å². The van der Waals surface area contributed by atoms with E-state index in [0.717, 1.165) is 24.5 Å². The van der Waals surface area contributed by atoms with Crippen LogP contribution in [-0.2, 0) is 6.54 Å². The monoisotopic (exact) mass is 254 g/mol. The van der Waals surface area contributed by atoms with E-state index in [1.54, 1.807) is 0 Å². The first-order valence-electron chi connectivity index (χ1n) is 6.77.